The summed E-state index contributed by atoms with van der Waals surface area (Å²) in [6.45, 7) is 2.44. The number of imide groups is 1. The maximum absolute atomic E-state index is 13.4. The Kier molecular flexibility index (Phi) is 3.69. The van der Waals surface area contributed by atoms with Crippen molar-refractivity contribution in [1.29, 1.82) is 0 Å². The molecule has 0 saturated carbocycles. The number of carbonyl (C=O) groups excluding carboxylic acids is 2. The number of amides is 2. The fourth-order valence-corrected chi connectivity index (χ4v) is 2.27. The van der Waals surface area contributed by atoms with Crippen molar-refractivity contribution in [3.63, 3.8) is 0 Å². The van der Waals surface area contributed by atoms with Gasteiger partial charge in [0, 0.05) is 19.2 Å². The molecule has 0 N–H and O–H groups in total. The molecule has 1 aliphatic heterocycles. The van der Waals surface area contributed by atoms with Crippen LogP contribution in [0, 0.1) is 11.7 Å². The summed E-state index contributed by atoms with van der Waals surface area (Å²) in [4.78, 5) is 28.6. The predicted octanol–water partition coefficient (Wildman–Crippen LogP) is 2.01. The first-order chi connectivity index (χ1) is 8.63. The summed E-state index contributed by atoms with van der Waals surface area (Å²) in [7, 11) is 0. The number of aromatic nitrogens is 1. The van der Waals surface area contributed by atoms with Crippen molar-refractivity contribution in [3.05, 3.63) is 29.8 Å². The van der Waals surface area contributed by atoms with Crippen molar-refractivity contribution >= 4 is 11.8 Å². The van der Waals surface area contributed by atoms with E-state index >= 15 is 0 Å². The molecule has 1 aromatic rings. The lowest BCUT2D eigenvalue weighted by Gasteiger charge is -2.14. The largest absolute Gasteiger partial charge is 0.278 e. The van der Waals surface area contributed by atoms with Crippen molar-refractivity contribution in [2.24, 2.45) is 5.92 Å². The molecule has 96 valence electrons. The van der Waals surface area contributed by atoms with Crippen LogP contribution in [0.25, 0.3) is 0 Å². The third-order valence-corrected chi connectivity index (χ3v) is 3.15. The van der Waals surface area contributed by atoms with Crippen molar-refractivity contribution in [2.45, 2.75) is 26.2 Å². The topological polar surface area (TPSA) is 50.3 Å². The summed E-state index contributed by atoms with van der Waals surface area (Å²) in [5, 5.41) is 0. The van der Waals surface area contributed by atoms with Crippen LogP contribution in [0.2, 0.25) is 0 Å². The van der Waals surface area contributed by atoms with E-state index in [9.17, 15) is 14.0 Å². The summed E-state index contributed by atoms with van der Waals surface area (Å²) in [6, 6.07) is 1.30. The van der Waals surface area contributed by atoms with Gasteiger partial charge in [0.1, 0.15) is 0 Å². The van der Waals surface area contributed by atoms with Crippen LogP contribution in [-0.2, 0) is 4.79 Å². The van der Waals surface area contributed by atoms with Gasteiger partial charge in [0.15, 0.2) is 5.82 Å². The number of pyridine rings is 1. The highest BCUT2D eigenvalue weighted by Crippen LogP contribution is 2.24. The smallest absolute Gasteiger partial charge is 0.263 e. The second-order valence-electron chi connectivity index (χ2n) is 4.52. The molecule has 0 aromatic carbocycles. The molecule has 2 amide bonds. The Labute approximate surface area is 105 Å². The maximum Gasteiger partial charge on any atom is 0.263 e. The van der Waals surface area contributed by atoms with Gasteiger partial charge in [0.2, 0.25) is 5.91 Å². The van der Waals surface area contributed by atoms with Gasteiger partial charge in [-0.05, 0) is 18.4 Å². The average molecular weight is 250 g/mol. The monoisotopic (exact) mass is 250 g/mol. The van der Waals surface area contributed by atoms with Crippen LogP contribution >= 0.6 is 0 Å². The molecule has 1 fully saturated rings. The minimum absolute atomic E-state index is 0.0875. The zero-order valence-corrected chi connectivity index (χ0v) is 10.2. The van der Waals surface area contributed by atoms with E-state index in [0.29, 0.717) is 13.0 Å². The van der Waals surface area contributed by atoms with E-state index in [1.165, 1.54) is 12.3 Å². The Morgan fingerprint density at radius 2 is 2.39 bits per heavy atom. The van der Waals surface area contributed by atoms with Crippen LogP contribution in [0.1, 0.15) is 36.5 Å². The number of hydrogen-bond donors (Lipinski definition) is 0. The molecule has 18 heavy (non-hydrogen) atoms. The van der Waals surface area contributed by atoms with Crippen molar-refractivity contribution in [3.8, 4) is 0 Å². The molecule has 4 nitrogen and oxygen atoms in total. The number of carbonyl (C=O) groups is 2. The van der Waals surface area contributed by atoms with Crippen LogP contribution < -0.4 is 0 Å². The Morgan fingerprint density at radius 3 is 3.06 bits per heavy atom. The average Bonchev–Trinajstić information content (AvgIpc) is 2.71. The van der Waals surface area contributed by atoms with Crippen LogP contribution in [0.4, 0.5) is 4.39 Å². The molecule has 1 unspecified atom stereocenters. The van der Waals surface area contributed by atoms with Crippen LogP contribution in [0.3, 0.4) is 0 Å². The number of nitrogens with zero attached hydrogens (tertiary/aromatic N) is 2. The number of hydrogen-bond acceptors (Lipinski definition) is 3. The molecule has 0 spiro atoms. The van der Waals surface area contributed by atoms with Gasteiger partial charge in [0.05, 0.1) is 11.8 Å². The SMILES string of the molecule is CCCC1CC(=O)N(C(=O)c2ccncc2F)C1. The van der Waals surface area contributed by atoms with E-state index in [0.717, 1.165) is 23.9 Å². The highest BCUT2D eigenvalue weighted by molar-refractivity contribution is 6.05. The molecular weight excluding hydrogens is 235 g/mol. The first-order valence-electron chi connectivity index (χ1n) is 6.07. The Morgan fingerprint density at radius 1 is 1.61 bits per heavy atom. The first-order valence-corrected chi connectivity index (χ1v) is 6.07. The van der Waals surface area contributed by atoms with E-state index in [1.54, 1.807) is 0 Å². The molecule has 5 heteroatoms. The fourth-order valence-electron chi connectivity index (χ4n) is 2.27. The third kappa shape index (κ3) is 2.39. The van der Waals surface area contributed by atoms with Crippen molar-refractivity contribution in [1.82, 2.24) is 9.88 Å². The lowest BCUT2D eigenvalue weighted by Crippen LogP contribution is -2.33. The lowest BCUT2D eigenvalue weighted by molar-refractivity contribution is -0.125. The number of likely N-dealkylation sites (tertiary alicyclic amines) is 1. The van der Waals surface area contributed by atoms with Gasteiger partial charge in [-0.1, -0.05) is 13.3 Å². The highest BCUT2D eigenvalue weighted by atomic mass is 19.1. The summed E-state index contributed by atoms with van der Waals surface area (Å²) in [6.07, 6.45) is 4.60. The predicted molar refractivity (Wildman–Crippen MR) is 63.3 cm³/mol. The molecule has 1 aliphatic rings. The van der Waals surface area contributed by atoms with Crippen molar-refractivity contribution < 1.29 is 14.0 Å². The summed E-state index contributed by atoms with van der Waals surface area (Å²) in [5.41, 5.74) is -0.0875. The summed E-state index contributed by atoms with van der Waals surface area (Å²) < 4.78 is 13.4. The van der Waals surface area contributed by atoms with Gasteiger partial charge in [-0.25, -0.2) is 4.39 Å². The van der Waals surface area contributed by atoms with Gasteiger partial charge in [-0.15, -0.1) is 0 Å². The quantitative estimate of drug-likeness (QED) is 0.771. The molecule has 0 aliphatic carbocycles. The molecular formula is C13H15FN2O2. The van der Waals surface area contributed by atoms with Gasteiger partial charge in [0.25, 0.3) is 5.91 Å². The Balaban J connectivity index is 2.15. The molecule has 0 bridgehead atoms. The van der Waals surface area contributed by atoms with E-state index in [2.05, 4.69) is 4.98 Å². The van der Waals surface area contributed by atoms with Crippen LogP contribution in [0.15, 0.2) is 18.5 Å². The van der Waals surface area contributed by atoms with E-state index in [4.69, 9.17) is 0 Å². The van der Waals surface area contributed by atoms with Crippen molar-refractivity contribution in [2.75, 3.05) is 6.54 Å². The van der Waals surface area contributed by atoms with Gasteiger partial charge < -0.3 is 0 Å². The minimum atomic E-state index is -0.686. The van der Waals surface area contributed by atoms with Gasteiger partial charge in [-0.3, -0.25) is 19.5 Å². The minimum Gasteiger partial charge on any atom is -0.278 e. The normalized spacial score (nSPS) is 19.3. The molecule has 1 aromatic heterocycles. The van der Waals surface area contributed by atoms with Gasteiger partial charge >= 0.3 is 0 Å². The maximum atomic E-state index is 13.4. The Hall–Kier alpha value is -1.78. The fraction of sp³-hybridized carbons (Fsp3) is 0.462. The second-order valence-corrected chi connectivity index (χ2v) is 4.52. The molecule has 1 atom stereocenters. The van der Waals surface area contributed by atoms with E-state index in [-0.39, 0.29) is 17.4 Å². The van der Waals surface area contributed by atoms with Crippen LogP contribution in [-0.4, -0.2) is 28.2 Å². The zero-order chi connectivity index (χ0) is 13.1. The van der Waals surface area contributed by atoms with E-state index in [1.807, 2.05) is 6.92 Å². The van der Waals surface area contributed by atoms with Gasteiger partial charge in [-0.2, -0.15) is 0 Å². The molecule has 2 heterocycles. The van der Waals surface area contributed by atoms with E-state index < -0.39 is 11.7 Å². The number of halogens is 1. The third-order valence-electron chi connectivity index (χ3n) is 3.15. The second kappa shape index (κ2) is 5.25. The summed E-state index contributed by atoms with van der Waals surface area (Å²) >= 11 is 0. The first kappa shape index (κ1) is 12.7. The standard InChI is InChI=1S/C13H15FN2O2/c1-2-3-9-6-12(17)16(8-9)13(18)10-4-5-15-7-11(10)14/h4-5,7,9H,2-3,6,8H2,1H3. The lowest BCUT2D eigenvalue weighted by atomic mass is 10.0. The summed E-state index contributed by atoms with van der Waals surface area (Å²) in [5.74, 6) is -1.25. The molecule has 2 rings (SSSR count). The molecule has 0 radical (unpaired) electrons. The molecule has 1 saturated heterocycles. The Bertz CT molecular complexity index is 476. The highest BCUT2D eigenvalue weighted by Gasteiger charge is 2.34. The number of rotatable bonds is 3. The zero-order valence-electron chi connectivity index (χ0n) is 10.2. The van der Waals surface area contributed by atoms with Crippen LogP contribution in [0.5, 0.6) is 0 Å².